The molecule has 5 atom stereocenters. The average molecular weight is 1430 g/mol. The molecule has 0 saturated carbocycles. The molecule has 0 aromatic rings. The van der Waals surface area contributed by atoms with Gasteiger partial charge in [0, 0.05) is 25.7 Å². The quantitative estimate of drug-likeness (QED) is 0.0169. The summed E-state index contributed by atoms with van der Waals surface area (Å²) in [6.07, 6.45) is 71.7. The van der Waals surface area contributed by atoms with Gasteiger partial charge in [0.05, 0.1) is 26.4 Å². The number of carbonyl (C=O) groups is 4. The van der Waals surface area contributed by atoms with Crippen molar-refractivity contribution in [1.29, 1.82) is 0 Å². The van der Waals surface area contributed by atoms with Crippen molar-refractivity contribution in [1.82, 2.24) is 0 Å². The maximum Gasteiger partial charge on any atom is 0.472 e. The minimum Gasteiger partial charge on any atom is -0.462 e. The molecule has 0 rings (SSSR count). The van der Waals surface area contributed by atoms with Gasteiger partial charge >= 0.3 is 39.5 Å². The molecule has 0 bridgehead atoms. The number of allylic oxidation sites excluding steroid dienone is 12. The highest BCUT2D eigenvalue weighted by Gasteiger charge is 2.30. The molecule has 0 heterocycles. The number of hydrogen-bond donors (Lipinski definition) is 3. The standard InChI is InChI=1S/C79H142O17P2/c1-5-9-13-17-21-25-29-32-34-35-36-37-39-42-45-48-52-56-60-64-77(82)89-69-74(95-78(83)65-61-57-53-49-43-28-24-20-16-12-8-4)71-93-97(85,86)91-67-73(80)68-92-98(87,88)94-72-75(96-79(84)66-62-58-54-50-46-40-31-27-23-19-15-11-7-3)70-90-76(81)63-59-55-51-47-44-41-38-33-30-26-22-18-14-10-6-2/h9,13,21,25,27,31-34,36-38,73-75,80H,5-8,10-12,14-20,22-24,26,28-30,35,39-72H2,1-4H3,(H,85,86)(H,87,88)/b13-9-,25-21-,31-27-,34-32-,37-36-,38-33-. The second kappa shape index (κ2) is 71.9. The van der Waals surface area contributed by atoms with E-state index in [-0.39, 0.29) is 25.7 Å². The minimum absolute atomic E-state index is 0.0868. The summed E-state index contributed by atoms with van der Waals surface area (Å²) in [6, 6.07) is 0. The molecule has 0 amide bonds. The maximum absolute atomic E-state index is 13.1. The van der Waals surface area contributed by atoms with Crippen LogP contribution in [0.5, 0.6) is 0 Å². The lowest BCUT2D eigenvalue weighted by molar-refractivity contribution is -0.161. The topological polar surface area (TPSA) is 237 Å². The van der Waals surface area contributed by atoms with Gasteiger partial charge in [-0.25, -0.2) is 9.13 Å². The first-order valence-corrected chi connectivity index (χ1v) is 42.2. The van der Waals surface area contributed by atoms with Crippen molar-refractivity contribution >= 4 is 39.5 Å². The second-order valence-corrected chi connectivity index (χ2v) is 29.2. The van der Waals surface area contributed by atoms with Crippen LogP contribution in [0.2, 0.25) is 0 Å². The fraction of sp³-hybridized carbons (Fsp3) is 0.797. The van der Waals surface area contributed by atoms with Crippen LogP contribution in [0.3, 0.4) is 0 Å². The normalized spacial score (nSPS) is 14.3. The summed E-state index contributed by atoms with van der Waals surface area (Å²) in [7, 11) is -9.94. The zero-order valence-corrected chi connectivity index (χ0v) is 64.0. The number of ether oxygens (including phenoxy) is 4. The number of hydrogen-bond acceptors (Lipinski definition) is 15. The van der Waals surface area contributed by atoms with Gasteiger partial charge in [0.2, 0.25) is 0 Å². The molecule has 0 radical (unpaired) electrons. The molecule has 0 aliphatic heterocycles. The van der Waals surface area contributed by atoms with Crippen molar-refractivity contribution < 1.29 is 80.2 Å². The summed E-state index contributed by atoms with van der Waals surface area (Å²) in [6.45, 7) is 4.75. The van der Waals surface area contributed by atoms with Crippen LogP contribution in [0.4, 0.5) is 0 Å². The van der Waals surface area contributed by atoms with Gasteiger partial charge in [-0.1, -0.05) is 280 Å². The largest absolute Gasteiger partial charge is 0.472 e. The SMILES string of the molecule is CC/C=C\C/C=C\C/C=C\C/C=C\CCCCCCCCC(=O)OCC(COP(=O)(O)OCC(O)COP(=O)(O)OCC(COC(=O)CCCCCCC/C=C\CCCCCCCC)OC(=O)CCCCCCC/C=C\CCCCCC)OC(=O)CCCCCCCCCCCCC. The van der Waals surface area contributed by atoms with E-state index in [1.165, 1.54) is 103 Å². The summed E-state index contributed by atoms with van der Waals surface area (Å²) in [5, 5.41) is 10.6. The van der Waals surface area contributed by atoms with E-state index in [0.29, 0.717) is 25.7 Å². The fourth-order valence-corrected chi connectivity index (χ4v) is 12.3. The molecule has 5 unspecified atom stereocenters. The Morgan fingerprint density at radius 3 is 0.837 bits per heavy atom. The third-order valence-electron chi connectivity index (χ3n) is 16.7. The van der Waals surface area contributed by atoms with E-state index >= 15 is 0 Å². The molecular weight excluding hydrogens is 1280 g/mol. The predicted octanol–water partition coefficient (Wildman–Crippen LogP) is 22.4. The van der Waals surface area contributed by atoms with Crippen LogP contribution in [0.25, 0.3) is 0 Å². The number of aliphatic hydroxyl groups excluding tert-OH is 1. The number of phosphoric ester groups is 2. The molecule has 98 heavy (non-hydrogen) atoms. The first-order valence-electron chi connectivity index (χ1n) is 39.2. The van der Waals surface area contributed by atoms with Crippen molar-refractivity contribution in [2.75, 3.05) is 39.6 Å². The van der Waals surface area contributed by atoms with Gasteiger partial charge in [-0.15, -0.1) is 0 Å². The first kappa shape index (κ1) is 94.5. The molecule has 0 spiro atoms. The number of carbonyl (C=O) groups excluding carboxylic acids is 4. The fourth-order valence-electron chi connectivity index (χ4n) is 10.7. The molecule has 570 valence electrons. The number of esters is 4. The van der Waals surface area contributed by atoms with Crippen LogP contribution in [0.1, 0.15) is 349 Å². The van der Waals surface area contributed by atoms with Crippen LogP contribution in [-0.4, -0.2) is 96.7 Å². The van der Waals surface area contributed by atoms with Crippen LogP contribution in [0.15, 0.2) is 72.9 Å². The van der Waals surface area contributed by atoms with Gasteiger partial charge in [0.25, 0.3) is 0 Å². The van der Waals surface area contributed by atoms with Gasteiger partial charge in [-0.2, -0.15) is 0 Å². The number of aliphatic hydroxyl groups is 1. The Kier molecular flexibility index (Phi) is 69.3. The minimum atomic E-state index is -4.97. The number of phosphoric acid groups is 2. The van der Waals surface area contributed by atoms with E-state index in [2.05, 4.69) is 101 Å². The Morgan fingerprint density at radius 2 is 0.531 bits per heavy atom. The van der Waals surface area contributed by atoms with Gasteiger partial charge < -0.3 is 33.8 Å². The Labute approximate surface area is 596 Å². The van der Waals surface area contributed by atoms with Crippen LogP contribution in [-0.2, 0) is 65.4 Å². The van der Waals surface area contributed by atoms with Gasteiger partial charge in [0.15, 0.2) is 12.2 Å². The predicted molar refractivity (Wildman–Crippen MR) is 400 cm³/mol. The Hall–Kier alpha value is -3.50. The van der Waals surface area contributed by atoms with Crippen molar-refractivity contribution in [3.8, 4) is 0 Å². The van der Waals surface area contributed by atoms with Crippen molar-refractivity contribution in [2.24, 2.45) is 0 Å². The van der Waals surface area contributed by atoms with E-state index in [1.54, 1.807) is 0 Å². The monoisotopic (exact) mass is 1420 g/mol. The molecule has 3 N–H and O–H groups in total. The van der Waals surface area contributed by atoms with Crippen molar-refractivity contribution in [3.05, 3.63) is 72.9 Å². The highest BCUT2D eigenvalue weighted by Crippen LogP contribution is 2.45. The van der Waals surface area contributed by atoms with E-state index in [1.807, 2.05) is 0 Å². The highest BCUT2D eigenvalue weighted by molar-refractivity contribution is 7.47. The molecule has 17 nitrogen and oxygen atoms in total. The summed E-state index contributed by atoms with van der Waals surface area (Å²) >= 11 is 0. The van der Waals surface area contributed by atoms with Crippen LogP contribution < -0.4 is 0 Å². The number of unbranched alkanes of at least 4 members (excludes halogenated alkanes) is 36. The Morgan fingerprint density at radius 1 is 0.296 bits per heavy atom. The first-order chi connectivity index (χ1) is 47.7. The van der Waals surface area contributed by atoms with Gasteiger partial charge in [-0.3, -0.25) is 37.3 Å². The van der Waals surface area contributed by atoms with Crippen LogP contribution in [0, 0.1) is 0 Å². The Bertz CT molecular complexity index is 2140. The van der Waals surface area contributed by atoms with E-state index in [4.69, 9.17) is 37.0 Å². The van der Waals surface area contributed by atoms with Gasteiger partial charge in [-0.05, 0) is 116 Å². The average Bonchev–Trinajstić information content (AvgIpc) is 1.00. The molecule has 0 aliphatic rings. The number of rotatable bonds is 74. The van der Waals surface area contributed by atoms with E-state index in [9.17, 15) is 43.2 Å². The second-order valence-electron chi connectivity index (χ2n) is 26.3. The third kappa shape index (κ3) is 70.9. The Balaban J connectivity index is 5.29. The third-order valence-corrected chi connectivity index (χ3v) is 18.6. The zero-order valence-electron chi connectivity index (χ0n) is 62.2. The van der Waals surface area contributed by atoms with E-state index < -0.39 is 97.5 Å². The van der Waals surface area contributed by atoms with Crippen molar-refractivity contribution in [2.45, 2.75) is 367 Å². The molecule has 0 saturated heterocycles. The molecule has 0 aromatic carbocycles. The lowest BCUT2D eigenvalue weighted by Gasteiger charge is -2.21. The molecule has 0 aromatic heterocycles. The molecule has 0 fully saturated rings. The molecular formula is C79H142O17P2. The van der Waals surface area contributed by atoms with Crippen LogP contribution >= 0.6 is 15.6 Å². The smallest absolute Gasteiger partial charge is 0.462 e. The molecule has 19 heteroatoms. The molecule has 0 aliphatic carbocycles. The lowest BCUT2D eigenvalue weighted by Crippen LogP contribution is -2.30. The summed E-state index contributed by atoms with van der Waals surface area (Å²) < 4.78 is 68.5. The summed E-state index contributed by atoms with van der Waals surface area (Å²) in [5.74, 6) is -2.18. The van der Waals surface area contributed by atoms with Crippen molar-refractivity contribution in [3.63, 3.8) is 0 Å². The maximum atomic E-state index is 13.1. The lowest BCUT2D eigenvalue weighted by atomic mass is 10.1. The zero-order chi connectivity index (χ0) is 71.8. The highest BCUT2D eigenvalue weighted by atomic mass is 31.2. The van der Waals surface area contributed by atoms with E-state index in [0.717, 1.165) is 167 Å². The summed E-state index contributed by atoms with van der Waals surface area (Å²) in [5.41, 5.74) is 0. The van der Waals surface area contributed by atoms with Gasteiger partial charge in [0.1, 0.15) is 19.3 Å². The summed E-state index contributed by atoms with van der Waals surface area (Å²) in [4.78, 5) is 72.8.